The quantitative estimate of drug-likeness (QED) is 0.0602. The van der Waals surface area contributed by atoms with Crippen molar-refractivity contribution in [1.82, 2.24) is 10.6 Å². The highest BCUT2D eigenvalue weighted by atomic mass is 35.5. The number of ether oxygens (including phenoxy) is 3. The zero-order valence-electron chi connectivity index (χ0n) is 28.2. The van der Waals surface area contributed by atoms with Crippen molar-refractivity contribution in [2.75, 3.05) is 39.5 Å². The lowest BCUT2D eigenvalue weighted by Crippen LogP contribution is -2.48. The summed E-state index contributed by atoms with van der Waals surface area (Å²) in [5.41, 5.74) is 3.12. The van der Waals surface area contributed by atoms with E-state index in [1.165, 1.54) is 0 Å². The molecule has 0 aliphatic heterocycles. The van der Waals surface area contributed by atoms with E-state index in [9.17, 15) is 20.6 Å². The third kappa shape index (κ3) is 11.4. The number of nitrogens with one attached hydrogen (secondary N) is 2. The van der Waals surface area contributed by atoms with Gasteiger partial charge in [-0.05, 0) is 49.7 Å². The highest BCUT2D eigenvalue weighted by Crippen LogP contribution is 2.40. The summed E-state index contributed by atoms with van der Waals surface area (Å²) in [6, 6.07) is 23.7. The number of hydrogen-bond donors (Lipinski definition) is 6. The highest BCUT2D eigenvalue weighted by molar-refractivity contribution is 6.37. The van der Waals surface area contributed by atoms with Gasteiger partial charge in [-0.15, -0.1) is 0 Å². The number of benzene rings is 4. The van der Waals surface area contributed by atoms with Crippen molar-refractivity contribution >= 4 is 34.8 Å². The van der Waals surface area contributed by atoms with E-state index >= 15 is 0 Å². The Morgan fingerprint density at radius 2 is 1.51 bits per heavy atom. The van der Waals surface area contributed by atoms with Gasteiger partial charge in [0.25, 0.3) is 0 Å². The van der Waals surface area contributed by atoms with Gasteiger partial charge in [0.2, 0.25) is 0 Å². The molecule has 0 spiro atoms. The van der Waals surface area contributed by atoms with E-state index in [4.69, 9.17) is 54.1 Å². The molecule has 0 aromatic heterocycles. The van der Waals surface area contributed by atoms with Gasteiger partial charge in [0.15, 0.2) is 0 Å². The third-order valence-electron chi connectivity index (χ3n) is 8.03. The van der Waals surface area contributed by atoms with Gasteiger partial charge in [0.05, 0.1) is 64.8 Å². The molecule has 4 aromatic rings. The maximum Gasteiger partial charge on any atom is 0.142 e. The van der Waals surface area contributed by atoms with E-state index < -0.39 is 11.6 Å². The molecular weight excluding hydrogens is 717 g/mol. The molecule has 0 aliphatic rings. The van der Waals surface area contributed by atoms with E-state index in [-0.39, 0.29) is 39.6 Å². The molecule has 1 atom stereocenters. The predicted molar refractivity (Wildman–Crippen MR) is 199 cm³/mol. The zero-order chi connectivity index (χ0) is 36.8. The number of nitrogens with zero attached hydrogens (tertiary/aromatic N) is 1. The van der Waals surface area contributed by atoms with Gasteiger partial charge in [0.1, 0.15) is 30.5 Å². The average molecular weight is 759 g/mol. The van der Waals surface area contributed by atoms with E-state index in [0.29, 0.717) is 86.3 Å². The Morgan fingerprint density at radius 3 is 2.24 bits per heavy atom. The van der Waals surface area contributed by atoms with Gasteiger partial charge in [-0.3, -0.25) is 0 Å². The number of hydrogen-bond acceptors (Lipinski definition) is 10. The first kappa shape index (κ1) is 40.2. The fourth-order valence-electron chi connectivity index (χ4n) is 4.92. The molecule has 0 saturated heterocycles. The molecule has 51 heavy (non-hydrogen) atoms. The van der Waals surface area contributed by atoms with Gasteiger partial charge in [0, 0.05) is 41.4 Å². The Labute approximate surface area is 313 Å². The monoisotopic (exact) mass is 757 g/mol. The van der Waals surface area contributed by atoms with Crippen molar-refractivity contribution in [3.8, 4) is 34.4 Å². The lowest BCUT2D eigenvalue weighted by Gasteiger charge is -2.27. The fraction of sp³-hybridized carbons (Fsp3) is 0.342. The van der Waals surface area contributed by atoms with Crippen molar-refractivity contribution in [1.29, 1.82) is 5.26 Å². The molecule has 0 aliphatic carbocycles. The molecule has 4 rings (SSSR count). The molecular formula is C38H42Cl3N3O7. The van der Waals surface area contributed by atoms with Crippen LogP contribution < -0.4 is 24.8 Å². The molecule has 4 aromatic carbocycles. The lowest BCUT2D eigenvalue weighted by atomic mass is 10.0. The summed E-state index contributed by atoms with van der Waals surface area (Å²) in [6.07, 6.45) is -0.133. The van der Waals surface area contributed by atoms with Gasteiger partial charge in [-0.1, -0.05) is 77.3 Å². The summed E-state index contributed by atoms with van der Waals surface area (Å²) in [6.45, 7) is 2.60. The molecule has 272 valence electrons. The molecule has 0 bridgehead atoms. The van der Waals surface area contributed by atoms with Crippen LogP contribution in [0.1, 0.15) is 35.6 Å². The molecule has 1 unspecified atom stereocenters. The summed E-state index contributed by atoms with van der Waals surface area (Å²) in [5.74, 6) is 1.32. The van der Waals surface area contributed by atoms with Crippen molar-refractivity contribution in [3.63, 3.8) is 0 Å². The van der Waals surface area contributed by atoms with Crippen LogP contribution in [0.2, 0.25) is 15.1 Å². The minimum absolute atomic E-state index is 0.0759. The van der Waals surface area contributed by atoms with Crippen LogP contribution >= 0.6 is 34.8 Å². The van der Waals surface area contributed by atoms with Crippen molar-refractivity contribution < 1.29 is 34.6 Å². The first-order valence-electron chi connectivity index (χ1n) is 16.3. The van der Waals surface area contributed by atoms with Crippen molar-refractivity contribution in [2.24, 2.45) is 0 Å². The smallest absolute Gasteiger partial charge is 0.142 e. The van der Waals surface area contributed by atoms with Crippen molar-refractivity contribution in [3.05, 3.63) is 110 Å². The zero-order valence-corrected chi connectivity index (χ0v) is 30.4. The van der Waals surface area contributed by atoms with Crippen LogP contribution in [0.4, 0.5) is 0 Å². The normalized spacial score (nSPS) is 12.0. The lowest BCUT2D eigenvalue weighted by molar-refractivity contribution is 0.0942. The SMILES string of the molecule is CC(CO)(CO)NCc1cc(Cl)c(OCc2cccc(-c3cccc(OCCCNCC(O)CO)c3Cl)c2Cl)cc1OCc1cccc(C#N)c1. The minimum atomic E-state index is -0.931. The minimum Gasteiger partial charge on any atom is -0.492 e. The van der Waals surface area contributed by atoms with E-state index in [0.717, 1.165) is 5.56 Å². The number of aliphatic hydroxyl groups is 4. The summed E-state index contributed by atoms with van der Waals surface area (Å²) in [7, 11) is 0. The molecule has 0 saturated carbocycles. The van der Waals surface area contributed by atoms with Gasteiger partial charge < -0.3 is 45.3 Å². The second-order valence-corrected chi connectivity index (χ2v) is 13.3. The standard InChI is InChI=1S/C38H42Cl3N3O7/c1-38(23-46,24-47)44-18-28-15-32(39)35(16-34(28)50-21-26-7-2-6-25(14-26)17-42)51-22-27-8-3-9-30(36(27)40)31-10-4-11-33(37(31)41)49-13-5-12-43-19-29(48)20-45/h2-4,6-11,14-16,29,43-48H,5,12-13,18-24H2,1H3. The topological polar surface area (TPSA) is 156 Å². The summed E-state index contributed by atoms with van der Waals surface area (Å²) in [5, 5.41) is 54.6. The fourth-order valence-corrected chi connectivity index (χ4v) is 5.72. The van der Waals surface area contributed by atoms with Gasteiger partial charge in [-0.2, -0.15) is 5.26 Å². The Kier molecular flexibility index (Phi) is 15.6. The summed E-state index contributed by atoms with van der Waals surface area (Å²) in [4.78, 5) is 0. The van der Waals surface area contributed by atoms with E-state index in [1.54, 1.807) is 43.3 Å². The first-order chi connectivity index (χ1) is 24.6. The van der Waals surface area contributed by atoms with Gasteiger partial charge in [-0.25, -0.2) is 0 Å². The second kappa shape index (κ2) is 19.9. The first-order valence-corrected chi connectivity index (χ1v) is 17.5. The van der Waals surface area contributed by atoms with Crippen LogP contribution in [0, 0.1) is 11.3 Å². The number of nitriles is 1. The van der Waals surface area contributed by atoms with Gasteiger partial charge >= 0.3 is 0 Å². The number of aliphatic hydroxyl groups excluding tert-OH is 4. The van der Waals surface area contributed by atoms with Crippen LogP contribution in [0.25, 0.3) is 11.1 Å². The molecule has 6 N–H and O–H groups in total. The maximum atomic E-state index is 9.77. The van der Waals surface area contributed by atoms with Crippen LogP contribution in [-0.2, 0) is 19.8 Å². The van der Waals surface area contributed by atoms with Crippen LogP contribution in [0.15, 0.2) is 72.8 Å². The van der Waals surface area contributed by atoms with E-state index in [1.807, 2.05) is 36.4 Å². The Morgan fingerprint density at radius 1 is 0.804 bits per heavy atom. The number of halogens is 3. The van der Waals surface area contributed by atoms with E-state index in [2.05, 4.69) is 16.7 Å². The molecule has 13 heteroatoms. The molecule has 0 radical (unpaired) electrons. The third-order valence-corrected chi connectivity index (χ3v) is 9.16. The highest BCUT2D eigenvalue weighted by Gasteiger charge is 2.23. The second-order valence-electron chi connectivity index (χ2n) is 12.1. The largest absolute Gasteiger partial charge is 0.492 e. The molecule has 10 nitrogen and oxygen atoms in total. The summed E-state index contributed by atoms with van der Waals surface area (Å²) < 4.78 is 18.3. The van der Waals surface area contributed by atoms with Crippen LogP contribution in [0.5, 0.6) is 17.2 Å². The van der Waals surface area contributed by atoms with Crippen molar-refractivity contribution in [2.45, 2.75) is 44.7 Å². The number of rotatable bonds is 20. The maximum absolute atomic E-state index is 9.77. The molecule has 0 fully saturated rings. The Balaban J connectivity index is 1.50. The average Bonchev–Trinajstić information content (AvgIpc) is 3.15. The molecule has 0 heterocycles. The Hall–Kier alpha value is -3.60. The molecule has 0 amide bonds. The predicted octanol–water partition coefficient (Wildman–Crippen LogP) is 5.89. The van der Waals surface area contributed by atoms with Crippen LogP contribution in [0.3, 0.4) is 0 Å². The Bertz CT molecular complexity index is 1780. The van der Waals surface area contributed by atoms with Crippen LogP contribution in [-0.4, -0.2) is 71.6 Å². The summed E-state index contributed by atoms with van der Waals surface area (Å²) >= 11 is 20.4.